The molecule has 4 aromatic rings. The van der Waals surface area contributed by atoms with E-state index in [1.54, 1.807) is 24.3 Å². The molecule has 0 saturated carbocycles. The number of phenolic OH excluding ortho intramolecular Hbond substituents is 2. The van der Waals surface area contributed by atoms with E-state index in [0.717, 1.165) is 0 Å². The second kappa shape index (κ2) is 5.86. The van der Waals surface area contributed by atoms with Gasteiger partial charge in [-0.3, -0.25) is 0 Å². The summed E-state index contributed by atoms with van der Waals surface area (Å²) in [5, 5.41) is 24.9. The third kappa shape index (κ3) is 2.19. The molecule has 1 aliphatic heterocycles. The number of benzene rings is 4. The largest absolute Gasteiger partial charge is 0.508 e. The van der Waals surface area contributed by atoms with Crippen molar-refractivity contribution in [3.8, 4) is 22.6 Å². The van der Waals surface area contributed by atoms with E-state index < -0.39 is 8.07 Å². The van der Waals surface area contributed by atoms with Crippen molar-refractivity contribution < 1.29 is 10.2 Å². The van der Waals surface area contributed by atoms with E-state index in [9.17, 15) is 10.2 Å². The number of rotatable bonds is 2. The predicted molar refractivity (Wildman–Crippen MR) is 112 cm³/mol. The monoisotopic (exact) mass is 366 g/mol. The second-order valence-corrected chi connectivity index (χ2v) is 10.7. The van der Waals surface area contributed by atoms with Crippen LogP contribution in [0.15, 0.2) is 97.1 Å². The molecule has 3 heteroatoms. The van der Waals surface area contributed by atoms with Crippen LogP contribution in [0.3, 0.4) is 0 Å². The second-order valence-electron chi connectivity index (χ2n) is 6.93. The Bertz CT molecular complexity index is 1040. The summed E-state index contributed by atoms with van der Waals surface area (Å²) in [4.78, 5) is 0. The predicted octanol–water partition coefficient (Wildman–Crippen LogP) is 2.46. The molecule has 0 fully saturated rings. The molecule has 2 N–H and O–H groups in total. The van der Waals surface area contributed by atoms with Crippen LogP contribution in [-0.2, 0) is 0 Å². The van der Waals surface area contributed by atoms with E-state index in [0.29, 0.717) is 0 Å². The van der Waals surface area contributed by atoms with Crippen LogP contribution in [0, 0.1) is 0 Å². The maximum absolute atomic E-state index is 9.86. The molecule has 0 spiro atoms. The quantitative estimate of drug-likeness (QED) is 0.471. The lowest BCUT2D eigenvalue weighted by molar-refractivity contribution is 0.475. The lowest BCUT2D eigenvalue weighted by Gasteiger charge is -2.31. The standard InChI is InChI=1S/C24H18O2Si/c25-17-9-13-19(14-10-17)27(20-15-11-18(26)12-16-20)23-7-3-1-5-21(23)22-6-2-4-8-24(22)27/h1-16,25-26H. The van der Waals surface area contributed by atoms with Crippen molar-refractivity contribution in [2.75, 3.05) is 0 Å². The summed E-state index contributed by atoms with van der Waals surface area (Å²) in [7, 11) is -2.49. The van der Waals surface area contributed by atoms with Gasteiger partial charge in [0.1, 0.15) is 11.5 Å². The SMILES string of the molecule is Oc1ccc([Si]2(c3ccc(O)cc3)c3ccccc3-c3ccccc32)cc1. The van der Waals surface area contributed by atoms with E-state index >= 15 is 0 Å². The van der Waals surface area contributed by atoms with Gasteiger partial charge in [-0.05, 0) is 56.1 Å². The molecule has 0 atom stereocenters. The van der Waals surface area contributed by atoms with Gasteiger partial charge < -0.3 is 10.2 Å². The van der Waals surface area contributed by atoms with Crippen LogP contribution in [-0.4, -0.2) is 18.3 Å². The minimum absolute atomic E-state index is 0.271. The Hall–Kier alpha value is -3.30. The van der Waals surface area contributed by atoms with Gasteiger partial charge in [-0.15, -0.1) is 0 Å². The van der Waals surface area contributed by atoms with Gasteiger partial charge in [-0.25, -0.2) is 0 Å². The number of hydrogen-bond donors (Lipinski definition) is 2. The van der Waals surface area contributed by atoms with Gasteiger partial charge >= 0.3 is 0 Å². The third-order valence-corrected chi connectivity index (χ3v) is 10.4. The molecule has 0 aliphatic carbocycles. The normalized spacial score (nSPS) is 13.8. The third-order valence-electron chi connectivity index (χ3n) is 5.55. The van der Waals surface area contributed by atoms with Crippen molar-refractivity contribution in [2.24, 2.45) is 0 Å². The fourth-order valence-corrected chi connectivity index (χ4v) is 9.58. The first-order chi connectivity index (χ1) is 13.2. The van der Waals surface area contributed by atoms with Gasteiger partial charge in [-0.1, -0.05) is 72.8 Å². The molecule has 0 amide bonds. The van der Waals surface area contributed by atoms with Crippen LogP contribution in [0.1, 0.15) is 0 Å². The highest BCUT2D eigenvalue weighted by Crippen LogP contribution is 2.28. The molecule has 0 radical (unpaired) electrons. The van der Waals surface area contributed by atoms with E-state index in [1.165, 1.54) is 31.9 Å². The number of aromatic hydroxyl groups is 2. The summed E-state index contributed by atoms with van der Waals surface area (Å²) in [5.74, 6) is 0.543. The highest BCUT2D eigenvalue weighted by Gasteiger charge is 2.48. The molecule has 27 heavy (non-hydrogen) atoms. The summed E-state index contributed by atoms with van der Waals surface area (Å²) in [6.45, 7) is 0. The summed E-state index contributed by atoms with van der Waals surface area (Å²) in [5.41, 5.74) is 2.56. The van der Waals surface area contributed by atoms with Gasteiger partial charge in [-0.2, -0.15) is 0 Å². The molecule has 0 aromatic heterocycles. The lowest BCUT2D eigenvalue weighted by atomic mass is 10.1. The molecule has 0 unspecified atom stereocenters. The number of phenols is 2. The van der Waals surface area contributed by atoms with E-state index in [1.807, 2.05) is 24.3 Å². The molecule has 0 bridgehead atoms. The Balaban J connectivity index is 1.94. The Morgan fingerprint density at radius 1 is 0.444 bits per heavy atom. The summed E-state index contributed by atoms with van der Waals surface area (Å²) in [6.07, 6.45) is 0. The van der Waals surface area contributed by atoms with Gasteiger partial charge in [0.2, 0.25) is 0 Å². The molecule has 4 aromatic carbocycles. The average molecular weight is 366 g/mol. The Morgan fingerprint density at radius 2 is 0.815 bits per heavy atom. The summed E-state index contributed by atoms with van der Waals surface area (Å²) < 4.78 is 0. The highest BCUT2D eigenvalue weighted by atomic mass is 28.3. The maximum atomic E-state index is 9.86. The van der Waals surface area contributed by atoms with Crippen molar-refractivity contribution in [1.29, 1.82) is 0 Å². The first-order valence-electron chi connectivity index (χ1n) is 8.99. The van der Waals surface area contributed by atoms with Crippen LogP contribution in [0.5, 0.6) is 11.5 Å². The first-order valence-corrected chi connectivity index (χ1v) is 11.0. The zero-order valence-corrected chi connectivity index (χ0v) is 15.6. The van der Waals surface area contributed by atoms with Crippen LogP contribution in [0.2, 0.25) is 0 Å². The minimum atomic E-state index is -2.49. The van der Waals surface area contributed by atoms with E-state index in [4.69, 9.17) is 0 Å². The van der Waals surface area contributed by atoms with Gasteiger partial charge in [0, 0.05) is 0 Å². The summed E-state index contributed by atoms with van der Waals surface area (Å²) >= 11 is 0. The average Bonchev–Trinajstić information content (AvgIpc) is 3.01. The zero-order valence-electron chi connectivity index (χ0n) is 14.6. The fourth-order valence-electron chi connectivity index (χ4n) is 4.45. The zero-order chi connectivity index (χ0) is 18.4. The fraction of sp³-hybridized carbons (Fsp3) is 0. The van der Waals surface area contributed by atoms with Crippen LogP contribution in [0.4, 0.5) is 0 Å². The van der Waals surface area contributed by atoms with Gasteiger partial charge in [0.15, 0.2) is 8.07 Å². The molecule has 2 nitrogen and oxygen atoms in total. The molecule has 130 valence electrons. The molecule has 0 saturated heterocycles. The molecular weight excluding hydrogens is 348 g/mol. The molecule has 1 heterocycles. The molecule has 5 rings (SSSR count). The smallest absolute Gasteiger partial charge is 0.180 e. The van der Waals surface area contributed by atoms with Crippen LogP contribution >= 0.6 is 0 Å². The Labute approximate surface area is 159 Å². The first kappa shape index (κ1) is 15.9. The van der Waals surface area contributed by atoms with Crippen molar-refractivity contribution >= 4 is 28.8 Å². The van der Waals surface area contributed by atoms with E-state index in [-0.39, 0.29) is 11.5 Å². The van der Waals surface area contributed by atoms with E-state index in [2.05, 4.69) is 48.5 Å². The lowest BCUT2D eigenvalue weighted by Crippen LogP contribution is -2.72. The van der Waals surface area contributed by atoms with Crippen molar-refractivity contribution in [1.82, 2.24) is 0 Å². The minimum Gasteiger partial charge on any atom is -0.508 e. The number of hydrogen-bond acceptors (Lipinski definition) is 2. The van der Waals surface area contributed by atoms with Crippen molar-refractivity contribution in [3.05, 3.63) is 97.1 Å². The topological polar surface area (TPSA) is 40.5 Å². The Morgan fingerprint density at radius 3 is 1.22 bits per heavy atom. The highest BCUT2D eigenvalue weighted by molar-refractivity contribution is 7.22. The maximum Gasteiger partial charge on any atom is 0.180 e. The summed E-state index contributed by atoms with van der Waals surface area (Å²) in [6, 6.07) is 32.5. The molecular formula is C24H18O2Si. The van der Waals surface area contributed by atoms with Crippen molar-refractivity contribution in [3.63, 3.8) is 0 Å². The Kier molecular flexibility index (Phi) is 3.45. The van der Waals surface area contributed by atoms with Crippen LogP contribution in [0.25, 0.3) is 11.1 Å². The van der Waals surface area contributed by atoms with Gasteiger partial charge in [0.25, 0.3) is 0 Å². The number of fused-ring (bicyclic) bond motifs is 3. The molecule has 1 aliphatic rings. The van der Waals surface area contributed by atoms with Crippen molar-refractivity contribution in [2.45, 2.75) is 0 Å². The van der Waals surface area contributed by atoms with Gasteiger partial charge in [0.05, 0.1) is 0 Å². The van der Waals surface area contributed by atoms with Crippen LogP contribution < -0.4 is 20.7 Å².